The van der Waals surface area contributed by atoms with Crippen LogP contribution in [0.4, 0.5) is 17.1 Å². The van der Waals surface area contributed by atoms with Crippen LogP contribution in [0, 0.1) is 0 Å². The second-order valence-corrected chi connectivity index (χ2v) is 18.1. The predicted octanol–water partition coefficient (Wildman–Crippen LogP) is 15.8. The summed E-state index contributed by atoms with van der Waals surface area (Å²) in [5.74, 6) is 0. The van der Waals surface area contributed by atoms with Crippen molar-refractivity contribution < 1.29 is 0 Å². The Kier molecular flexibility index (Phi) is 9.62. The summed E-state index contributed by atoms with van der Waals surface area (Å²) in [6, 6.07) is 93.4. The number of nitrogens with zero attached hydrogens (tertiary/aromatic N) is 1. The lowest BCUT2D eigenvalue weighted by Gasteiger charge is -2.45. The van der Waals surface area contributed by atoms with Crippen molar-refractivity contribution in [1.82, 2.24) is 10.6 Å². The van der Waals surface area contributed by atoms with Crippen molar-refractivity contribution >= 4 is 22.8 Å². The van der Waals surface area contributed by atoms with E-state index in [-0.39, 0.29) is 12.2 Å². The minimum atomic E-state index is -0.521. The molecule has 3 nitrogen and oxygen atoms in total. The third-order valence-corrected chi connectivity index (χ3v) is 14.4. The summed E-state index contributed by atoms with van der Waals surface area (Å²) < 4.78 is 0. The number of fused-ring (bicyclic) bond motifs is 9. The number of para-hydroxylation sites is 3. The van der Waals surface area contributed by atoms with E-state index in [1.54, 1.807) is 0 Å². The Balaban J connectivity index is 0.892. The molecule has 10 aromatic rings. The van der Waals surface area contributed by atoms with Gasteiger partial charge in [-0.3, -0.25) is 5.32 Å². The molecule has 0 radical (unpaired) electrons. The molecule has 3 heteroatoms. The number of hydrogen-bond donors (Lipinski definition) is 2. The minimum Gasteiger partial charge on any atom is -0.366 e. The molecule has 13 rings (SSSR count). The SMILES string of the molecule is C1=C(c2ccc(-c3ccccc3)cc2)NC(c2ccccc2)NC1c1ccc(-c2ccccc2-c2ccc3c(c2)C2(c4ccccc4-3)c3ccccc3N(c3ccccc3)c3ccccc32)cc1. The van der Waals surface area contributed by atoms with Gasteiger partial charge >= 0.3 is 0 Å². The molecule has 3 aliphatic rings. The molecule has 322 valence electrons. The first-order chi connectivity index (χ1) is 33.7. The fourth-order valence-electron chi connectivity index (χ4n) is 11.3. The van der Waals surface area contributed by atoms with Crippen LogP contribution in [0.25, 0.3) is 50.2 Å². The summed E-state index contributed by atoms with van der Waals surface area (Å²) >= 11 is 0. The Morgan fingerprint density at radius 2 is 0.824 bits per heavy atom. The maximum Gasteiger partial charge on any atom is 0.104 e. The smallest absolute Gasteiger partial charge is 0.104 e. The van der Waals surface area contributed by atoms with Crippen LogP contribution in [0.15, 0.2) is 261 Å². The van der Waals surface area contributed by atoms with E-state index in [2.05, 4.69) is 276 Å². The largest absolute Gasteiger partial charge is 0.366 e. The minimum absolute atomic E-state index is 0.0110. The summed E-state index contributed by atoms with van der Waals surface area (Å²) in [5.41, 5.74) is 22.7. The van der Waals surface area contributed by atoms with Crippen LogP contribution in [0.5, 0.6) is 0 Å². The second kappa shape index (κ2) is 16.4. The lowest BCUT2D eigenvalue weighted by Crippen LogP contribution is -2.39. The lowest BCUT2D eigenvalue weighted by atomic mass is 9.64. The van der Waals surface area contributed by atoms with E-state index in [4.69, 9.17) is 0 Å². The maximum absolute atomic E-state index is 3.91. The van der Waals surface area contributed by atoms with Gasteiger partial charge in [-0.1, -0.05) is 224 Å². The molecule has 0 bridgehead atoms. The molecule has 2 unspecified atom stereocenters. The summed E-state index contributed by atoms with van der Waals surface area (Å²) in [5, 5.41) is 7.74. The third kappa shape index (κ3) is 6.46. The first-order valence-corrected chi connectivity index (χ1v) is 23.7. The highest BCUT2D eigenvalue weighted by Crippen LogP contribution is 2.63. The summed E-state index contributed by atoms with van der Waals surface area (Å²) in [6.07, 6.45) is 2.27. The molecule has 1 spiro atoms. The lowest BCUT2D eigenvalue weighted by molar-refractivity contribution is 0.443. The Morgan fingerprint density at radius 3 is 1.50 bits per heavy atom. The average Bonchev–Trinajstić information content (AvgIpc) is 3.71. The molecule has 2 heterocycles. The topological polar surface area (TPSA) is 27.3 Å². The van der Waals surface area contributed by atoms with E-state index in [0.29, 0.717) is 0 Å². The van der Waals surface area contributed by atoms with Crippen LogP contribution in [0.1, 0.15) is 51.2 Å². The van der Waals surface area contributed by atoms with E-state index in [0.717, 1.165) is 16.9 Å². The van der Waals surface area contributed by atoms with E-state index < -0.39 is 5.41 Å². The van der Waals surface area contributed by atoms with E-state index in [1.807, 2.05) is 0 Å². The van der Waals surface area contributed by atoms with Crippen LogP contribution >= 0.6 is 0 Å². The number of anilines is 3. The van der Waals surface area contributed by atoms with Gasteiger partial charge in [0.05, 0.1) is 22.8 Å². The van der Waals surface area contributed by atoms with Crippen LogP contribution in [-0.4, -0.2) is 0 Å². The molecule has 10 aromatic carbocycles. The van der Waals surface area contributed by atoms with Gasteiger partial charge in [0.15, 0.2) is 0 Å². The molecule has 0 amide bonds. The van der Waals surface area contributed by atoms with Crippen molar-refractivity contribution in [2.75, 3.05) is 4.90 Å². The number of nitrogens with one attached hydrogen (secondary N) is 2. The van der Waals surface area contributed by atoms with Crippen LogP contribution < -0.4 is 15.5 Å². The molecule has 68 heavy (non-hydrogen) atoms. The first kappa shape index (κ1) is 39.8. The summed E-state index contributed by atoms with van der Waals surface area (Å²) in [4.78, 5) is 2.44. The monoisotopic (exact) mass is 869 g/mol. The van der Waals surface area contributed by atoms with Crippen molar-refractivity contribution in [3.05, 3.63) is 300 Å². The molecule has 2 N–H and O–H groups in total. The van der Waals surface area contributed by atoms with Gasteiger partial charge in [-0.2, -0.15) is 0 Å². The standard InChI is InChI=1S/C65H47N3/c1-4-18-44(19-5-1)45-32-36-47(37-33-45)60-43-61(67-64(66-60)49-20-6-2-7-21-49)48-38-34-46(35-39-48)52-24-10-11-25-53(52)50-40-41-55-54-26-12-13-27-56(54)65(59(55)42-50)57-28-14-16-30-62(57)68(51-22-8-3-9-23-51)63-31-17-15-29-58(63)65/h1-43,61,64,66-67H. The number of benzene rings is 10. The van der Waals surface area contributed by atoms with Crippen LogP contribution in [0.2, 0.25) is 0 Å². The van der Waals surface area contributed by atoms with Crippen molar-refractivity contribution in [3.8, 4) is 44.5 Å². The zero-order valence-corrected chi connectivity index (χ0v) is 37.4. The van der Waals surface area contributed by atoms with Crippen molar-refractivity contribution in [3.63, 3.8) is 0 Å². The summed E-state index contributed by atoms with van der Waals surface area (Å²) in [6.45, 7) is 0. The third-order valence-electron chi connectivity index (χ3n) is 14.4. The maximum atomic E-state index is 3.91. The molecule has 0 aromatic heterocycles. The van der Waals surface area contributed by atoms with Gasteiger partial charge in [0.25, 0.3) is 0 Å². The van der Waals surface area contributed by atoms with Gasteiger partial charge in [-0.05, 0) is 120 Å². The Labute approximate surface area is 398 Å². The van der Waals surface area contributed by atoms with Crippen LogP contribution in [0.3, 0.4) is 0 Å². The molecular weight excluding hydrogens is 823 g/mol. The fraction of sp³-hybridized carbons (Fsp3) is 0.0462. The molecule has 0 saturated heterocycles. The van der Waals surface area contributed by atoms with Gasteiger partial charge in [0.1, 0.15) is 6.17 Å². The van der Waals surface area contributed by atoms with E-state index in [9.17, 15) is 0 Å². The number of hydrogen-bond acceptors (Lipinski definition) is 3. The van der Waals surface area contributed by atoms with Gasteiger partial charge in [0, 0.05) is 11.4 Å². The van der Waals surface area contributed by atoms with Crippen molar-refractivity contribution in [2.45, 2.75) is 17.6 Å². The Bertz CT molecular complexity index is 3460. The fourth-order valence-corrected chi connectivity index (χ4v) is 11.3. The Hall–Kier alpha value is -8.50. The predicted molar refractivity (Wildman–Crippen MR) is 281 cm³/mol. The molecular formula is C65H47N3. The highest BCUT2D eigenvalue weighted by Gasteiger charge is 2.51. The molecule has 1 aliphatic carbocycles. The zero-order valence-electron chi connectivity index (χ0n) is 37.4. The second-order valence-electron chi connectivity index (χ2n) is 18.1. The van der Waals surface area contributed by atoms with E-state index >= 15 is 0 Å². The zero-order chi connectivity index (χ0) is 45.0. The molecule has 2 aliphatic heterocycles. The first-order valence-electron chi connectivity index (χ1n) is 23.7. The van der Waals surface area contributed by atoms with Crippen LogP contribution in [-0.2, 0) is 5.41 Å². The van der Waals surface area contributed by atoms with E-state index in [1.165, 1.54) is 89.3 Å². The summed E-state index contributed by atoms with van der Waals surface area (Å²) in [7, 11) is 0. The average molecular weight is 870 g/mol. The van der Waals surface area contributed by atoms with Gasteiger partial charge in [0.2, 0.25) is 0 Å². The normalized spacial score (nSPS) is 16.2. The molecule has 0 fully saturated rings. The molecule has 2 atom stereocenters. The van der Waals surface area contributed by atoms with Crippen molar-refractivity contribution in [1.29, 1.82) is 0 Å². The number of rotatable bonds is 7. The molecule has 0 saturated carbocycles. The Morgan fingerprint density at radius 1 is 0.338 bits per heavy atom. The van der Waals surface area contributed by atoms with Gasteiger partial charge < -0.3 is 10.2 Å². The quantitative estimate of drug-likeness (QED) is 0.167. The highest BCUT2D eigenvalue weighted by atomic mass is 15.2. The van der Waals surface area contributed by atoms with Gasteiger partial charge in [-0.15, -0.1) is 0 Å². The highest BCUT2D eigenvalue weighted by molar-refractivity contribution is 5.97. The van der Waals surface area contributed by atoms with Crippen molar-refractivity contribution in [2.24, 2.45) is 0 Å². The van der Waals surface area contributed by atoms with Gasteiger partial charge in [-0.25, -0.2) is 0 Å².